The Balaban J connectivity index is 1.55. The van der Waals surface area contributed by atoms with Gasteiger partial charge >= 0.3 is 0 Å². The molecule has 0 aliphatic carbocycles. The van der Waals surface area contributed by atoms with Crippen LogP contribution in [0.15, 0.2) is 47.4 Å². The molecule has 0 N–H and O–H groups in total. The molecule has 2 fully saturated rings. The van der Waals surface area contributed by atoms with Gasteiger partial charge in [0.1, 0.15) is 11.6 Å². The summed E-state index contributed by atoms with van der Waals surface area (Å²) in [5, 5.41) is -1.10. The number of nitrogens with zero attached hydrogens (tertiary/aromatic N) is 2. The lowest BCUT2D eigenvalue weighted by atomic mass is 10.1. The first-order chi connectivity index (χ1) is 14.6. The summed E-state index contributed by atoms with van der Waals surface area (Å²) in [5.74, 6) is -1.48. The maximum Gasteiger partial charge on any atom is 0.183 e. The van der Waals surface area contributed by atoms with Gasteiger partial charge in [-0.3, -0.25) is 4.90 Å². The van der Waals surface area contributed by atoms with Crippen molar-refractivity contribution in [2.24, 2.45) is 0 Å². The predicted octanol–water partition coefficient (Wildman–Crippen LogP) is 2.03. The number of halogens is 2. The van der Waals surface area contributed by atoms with Crippen LogP contribution in [-0.4, -0.2) is 70.7 Å². The molecule has 0 amide bonds. The van der Waals surface area contributed by atoms with Crippen LogP contribution in [0.4, 0.5) is 14.5 Å². The Morgan fingerprint density at radius 2 is 1.58 bits per heavy atom. The molecular weight excluding hydrogens is 446 g/mol. The zero-order valence-electron chi connectivity index (χ0n) is 17.0. The Hall–Kier alpha value is -2.04. The average molecular weight is 471 g/mol. The van der Waals surface area contributed by atoms with Crippen LogP contribution in [0.2, 0.25) is 0 Å². The van der Waals surface area contributed by atoms with E-state index < -0.39 is 42.5 Å². The highest BCUT2D eigenvalue weighted by Crippen LogP contribution is 2.31. The Labute approximate surface area is 181 Å². The third-order valence-electron chi connectivity index (χ3n) is 6.10. The van der Waals surface area contributed by atoms with Crippen molar-refractivity contribution >= 4 is 25.4 Å². The highest BCUT2D eigenvalue weighted by atomic mass is 32.2. The second-order valence-electron chi connectivity index (χ2n) is 8.14. The number of benzene rings is 2. The molecule has 0 saturated carbocycles. The van der Waals surface area contributed by atoms with Crippen LogP contribution in [-0.2, 0) is 19.7 Å². The zero-order valence-corrected chi connectivity index (χ0v) is 18.7. The first-order valence-corrected chi connectivity index (χ1v) is 13.4. The molecule has 2 atom stereocenters. The number of hydrogen-bond donors (Lipinski definition) is 0. The Morgan fingerprint density at radius 1 is 0.935 bits per heavy atom. The van der Waals surface area contributed by atoms with E-state index in [1.54, 1.807) is 12.1 Å². The average Bonchev–Trinajstić information content (AvgIpc) is 3.07. The van der Waals surface area contributed by atoms with Crippen LogP contribution in [0.5, 0.6) is 0 Å². The van der Waals surface area contributed by atoms with E-state index in [9.17, 15) is 25.6 Å². The van der Waals surface area contributed by atoms with Crippen molar-refractivity contribution in [2.75, 3.05) is 42.6 Å². The van der Waals surface area contributed by atoms with E-state index in [0.29, 0.717) is 26.2 Å². The molecule has 0 unspecified atom stereocenters. The van der Waals surface area contributed by atoms with Crippen molar-refractivity contribution in [3.05, 3.63) is 59.7 Å². The van der Waals surface area contributed by atoms with Gasteiger partial charge in [-0.1, -0.05) is 0 Å². The molecule has 4 rings (SSSR count). The first-order valence-electron chi connectivity index (χ1n) is 10.0. The number of anilines is 1. The van der Waals surface area contributed by atoms with E-state index in [1.807, 2.05) is 4.90 Å². The summed E-state index contributed by atoms with van der Waals surface area (Å²) >= 11 is 0. The summed E-state index contributed by atoms with van der Waals surface area (Å²) in [4.78, 5) is 3.93. The topological polar surface area (TPSA) is 74.8 Å². The van der Waals surface area contributed by atoms with Gasteiger partial charge in [-0.2, -0.15) is 0 Å². The molecule has 2 saturated heterocycles. The second kappa shape index (κ2) is 8.14. The lowest BCUT2D eigenvalue weighted by Gasteiger charge is -2.40. The van der Waals surface area contributed by atoms with E-state index in [2.05, 4.69) is 4.90 Å². The quantitative estimate of drug-likeness (QED) is 0.637. The van der Waals surface area contributed by atoms with Gasteiger partial charge in [0.15, 0.2) is 19.7 Å². The molecule has 0 bridgehead atoms. The van der Waals surface area contributed by atoms with Crippen LogP contribution >= 0.6 is 0 Å². The summed E-state index contributed by atoms with van der Waals surface area (Å²) in [6, 6.07) is 9.06. The molecule has 2 heterocycles. The van der Waals surface area contributed by atoms with Crippen LogP contribution in [0.1, 0.15) is 5.56 Å². The minimum Gasteiger partial charge on any atom is -0.369 e. The minimum atomic E-state index is -3.96. The third kappa shape index (κ3) is 4.47. The fraction of sp³-hybridized carbons (Fsp3) is 0.429. The van der Waals surface area contributed by atoms with E-state index in [-0.39, 0.29) is 22.0 Å². The molecule has 0 spiro atoms. The van der Waals surface area contributed by atoms with Gasteiger partial charge in [0, 0.05) is 37.9 Å². The van der Waals surface area contributed by atoms with Crippen LogP contribution in [0, 0.1) is 18.6 Å². The number of sulfone groups is 2. The maximum atomic E-state index is 13.6. The number of rotatable bonds is 4. The molecule has 168 valence electrons. The van der Waals surface area contributed by atoms with E-state index >= 15 is 0 Å². The predicted molar refractivity (Wildman–Crippen MR) is 115 cm³/mol. The highest BCUT2D eigenvalue weighted by molar-refractivity contribution is 7.96. The number of piperazine rings is 1. The van der Waals surface area contributed by atoms with Gasteiger partial charge in [0.2, 0.25) is 0 Å². The summed E-state index contributed by atoms with van der Waals surface area (Å²) in [7, 11) is -7.48. The summed E-state index contributed by atoms with van der Waals surface area (Å²) < 4.78 is 78.2. The minimum absolute atomic E-state index is 0.0524. The lowest BCUT2D eigenvalue weighted by molar-refractivity contribution is 0.201. The Morgan fingerprint density at radius 3 is 2.19 bits per heavy atom. The fourth-order valence-corrected chi connectivity index (χ4v) is 9.28. The number of aryl methyl sites for hydroxylation is 1. The van der Waals surface area contributed by atoms with Gasteiger partial charge in [-0.15, -0.1) is 0 Å². The normalized spacial score (nSPS) is 24.4. The zero-order chi connectivity index (χ0) is 22.4. The summed E-state index contributed by atoms with van der Waals surface area (Å²) in [6.07, 6.45) is 0. The van der Waals surface area contributed by atoms with E-state index in [0.717, 1.165) is 11.8 Å². The van der Waals surface area contributed by atoms with Crippen molar-refractivity contribution in [2.45, 2.75) is 23.1 Å². The smallest absolute Gasteiger partial charge is 0.183 e. The lowest BCUT2D eigenvalue weighted by Crippen LogP contribution is -2.55. The monoisotopic (exact) mass is 470 g/mol. The van der Waals surface area contributed by atoms with E-state index in [4.69, 9.17) is 0 Å². The van der Waals surface area contributed by atoms with Crippen molar-refractivity contribution < 1.29 is 25.6 Å². The van der Waals surface area contributed by atoms with Crippen molar-refractivity contribution in [1.29, 1.82) is 0 Å². The molecule has 6 nitrogen and oxygen atoms in total. The van der Waals surface area contributed by atoms with Crippen LogP contribution < -0.4 is 4.90 Å². The molecule has 2 aliphatic heterocycles. The highest BCUT2D eigenvalue weighted by Gasteiger charge is 2.48. The van der Waals surface area contributed by atoms with Crippen molar-refractivity contribution in [3.63, 3.8) is 0 Å². The SMILES string of the molecule is Cc1cc(S(=O)(=O)[C@@H]2CS(=O)(=O)C[C@H]2N2CCN(c3ccc(F)cc3)CC2)ccc1F. The molecule has 0 radical (unpaired) electrons. The maximum absolute atomic E-state index is 13.6. The molecule has 2 aliphatic rings. The van der Waals surface area contributed by atoms with Gasteiger partial charge in [0.25, 0.3) is 0 Å². The second-order valence-corrected chi connectivity index (χ2v) is 12.5. The standard InChI is InChI=1S/C21H24F2N2O4S2/c1-15-12-18(6-7-19(15)23)31(28,29)21-14-30(26,27)13-20(21)25-10-8-24(9-11-25)17-4-2-16(22)3-5-17/h2-7,12,20-21H,8-11,13-14H2,1H3/t20-,21-/m1/s1. The van der Waals surface area contributed by atoms with Crippen LogP contribution in [0.25, 0.3) is 0 Å². The Bertz CT molecular complexity index is 1180. The molecule has 10 heteroatoms. The molecule has 31 heavy (non-hydrogen) atoms. The molecule has 2 aromatic rings. The molecular formula is C21H24F2N2O4S2. The van der Waals surface area contributed by atoms with E-state index in [1.165, 1.54) is 31.2 Å². The van der Waals surface area contributed by atoms with Crippen molar-refractivity contribution in [3.8, 4) is 0 Å². The van der Waals surface area contributed by atoms with Gasteiger partial charge in [-0.25, -0.2) is 25.6 Å². The van der Waals surface area contributed by atoms with Crippen molar-refractivity contribution in [1.82, 2.24) is 4.90 Å². The largest absolute Gasteiger partial charge is 0.369 e. The Kier molecular flexibility index (Phi) is 5.82. The van der Waals surface area contributed by atoms with Crippen LogP contribution in [0.3, 0.4) is 0 Å². The van der Waals surface area contributed by atoms with Gasteiger partial charge in [-0.05, 0) is 55.0 Å². The summed E-state index contributed by atoms with van der Waals surface area (Å²) in [6.45, 7) is 3.61. The fourth-order valence-electron chi connectivity index (χ4n) is 4.37. The summed E-state index contributed by atoms with van der Waals surface area (Å²) in [5.41, 5.74) is 1.07. The number of hydrogen-bond acceptors (Lipinski definition) is 6. The molecule has 0 aromatic heterocycles. The van der Waals surface area contributed by atoms with Gasteiger partial charge < -0.3 is 4.90 Å². The first kappa shape index (κ1) is 22.2. The van der Waals surface area contributed by atoms with Gasteiger partial charge in [0.05, 0.1) is 21.7 Å². The molecule has 2 aromatic carbocycles. The third-order valence-corrected chi connectivity index (χ3v) is 10.2.